The molecule has 1 fully saturated rings. The Balaban J connectivity index is 1.70. The Kier molecular flexibility index (Phi) is 3.81. The minimum absolute atomic E-state index is 0.0881. The molecule has 0 atom stereocenters. The summed E-state index contributed by atoms with van der Waals surface area (Å²) in [4.78, 5) is 28.3. The van der Waals surface area contributed by atoms with Gasteiger partial charge in [-0.2, -0.15) is 5.10 Å². The van der Waals surface area contributed by atoms with Gasteiger partial charge in [-0.25, -0.2) is 0 Å². The average molecular weight is 315 g/mol. The van der Waals surface area contributed by atoms with Crippen molar-refractivity contribution in [3.63, 3.8) is 0 Å². The van der Waals surface area contributed by atoms with Crippen LogP contribution in [-0.4, -0.2) is 63.5 Å². The number of rotatable bonds is 2. The van der Waals surface area contributed by atoms with Crippen molar-refractivity contribution in [2.24, 2.45) is 5.73 Å². The fraction of sp³-hybridized carbons (Fsp3) is 0.438. The molecular formula is C16H21N5O2. The van der Waals surface area contributed by atoms with E-state index in [9.17, 15) is 9.59 Å². The molecule has 2 amide bonds. The molecule has 0 bridgehead atoms. The number of carbonyl (C=O) groups excluding carboxylic acids is 2. The SMILES string of the molecule is CC(C)(N)C(=O)N1CCN(C(=O)c2n[nH]c3ccccc23)CC1. The molecule has 1 aliphatic heterocycles. The van der Waals surface area contributed by atoms with Crippen LogP contribution in [0.2, 0.25) is 0 Å². The van der Waals surface area contributed by atoms with Crippen LogP contribution in [0.1, 0.15) is 24.3 Å². The average Bonchev–Trinajstić information content (AvgIpc) is 2.97. The van der Waals surface area contributed by atoms with Gasteiger partial charge in [0.25, 0.3) is 5.91 Å². The van der Waals surface area contributed by atoms with Crippen LogP contribution in [0.25, 0.3) is 10.9 Å². The van der Waals surface area contributed by atoms with Crippen LogP contribution >= 0.6 is 0 Å². The van der Waals surface area contributed by atoms with E-state index in [1.165, 1.54) is 0 Å². The minimum Gasteiger partial charge on any atom is -0.338 e. The number of piperazine rings is 1. The third kappa shape index (κ3) is 2.92. The van der Waals surface area contributed by atoms with Gasteiger partial charge in [0.1, 0.15) is 0 Å². The first-order chi connectivity index (χ1) is 10.9. The van der Waals surface area contributed by atoms with Gasteiger partial charge in [-0.05, 0) is 19.9 Å². The first-order valence-electron chi connectivity index (χ1n) is 7.68. The van der Waals surface area contributed by atoms with Gasteiger partial charge >= 0.3 is 0 Å². The van der Waals surface area contributed by atoms with Crippen LogP contribution in [0.4, 0.5) is 0 Å². The smallest absolute Gasteiger partial charge is 0.275 e. The van der Waals surface area contributed by atoms with E-state index in [1.807, 2.05) is 24.3 Å². The lowest BCUT2D eigenvalue weighted by molar-refractivity contribution is -0.137. The largest absolute Gasteiger partial charge is 0.338 e. The number of nitrogens with two attached hydrogens (primary N) is 1. The predicted octanol–water partition coefficient (Wildman–Crippen LogP) is 0.585. The van der Waals surface area contributed by atoms with Crippen LogP contribution in [0.15, 0.2) is 24.3 Å². The molecule has 0 spiro atoms. The van der Waals surface area contributed by atoms with E-state index in [1.54, 1.807) is 23.6 Å². The van der Waals surface area contributed by atoms with E-state index in [2.05, 4.69) is 10.2 Å². The normalized spacial score (nSPS) is 16.0. The molecule has 1 saturated heterocycles. The minimum atomic E-state index is -0.884. The van der Waals surface area contributed by atoms with E-state index in [0.717, 1.165) is 10.9 Å². The van der Waals surface area contributed by atoms with Crippen molar-refractivity contribution >= 4 is 22.7 Å². The number of hydrogen-bond donors (Lipinski definition) is 2. The van der Waals surface area contributed by atoms with Gasteiger partial charge in [0.2, 0.25) is 5.91 Å². The number of aromatic nitrogens is 2. The molecule has 7 nitrogen and oxygen atoms in total. The lowest BCUT2D eigenvalue weighted by atomic mass is 10.0. The summed E-state index contributed by atoms with van der Waals surface area (Å²) in [7, 11) is 0. The van der Waals surface area contributed by atoms with E-state index in [-0.39, 0.29) is 11.8 Å². The fourth-order valence-corrected chi connectivity index (χ4v) is 2.80. The summed E-state index contributed by atoms with van der Waals surface area (Å²) in [5.41, 5.74) is 6.25. The van der Waals surface area contributed by atoms with Crippen LogP contribution in [-0.2, 0) is 4.79 Å². The van der Waals surface area contributed by atoms with Crippen LogP contribution < -0.4 is 5.73 Å². The summed E-state index contributed by atoms with van der Waals surface area (Å²) < 4.78 is 0. The summed E-state index contributed by atoms with van der Waals surface area (Å²) in [5.74, 6) is -0.198. The van der Waals surface area contributed by atoms with Crippen molar-refractivity contribution in [2.75, 3.05) is 26.2 Å². The second kappa shape index (κ2) is 5.66. The monoisotopic (exact) mass is 315 g/mol. The zero-order valence-electron chi connectivity index (χ0n) is 13.4. The molecule has 0 radical (unpaired) electrons. The summed E-state index contributed by atoms with van der Waals surface area (Å²) in [5, 5.41) is 7.84. The molecule has 3 N–H and O–H groups in total. The molecule has 1 aliphatic rings. The molecular weight excluding hydrogens is 294 g/mol. The number of amides is 2. The number of carbonyl (C=O) groups is 2. The van der Waals surface area contributed by atoms with Gasteiger partial charge < -0.3 is 15.5 Å². The molecule has 2 aromatic rings. The maximum Gasteiger partial charge on any atom is 0.275 e. The fourth-order valence-electron chi connectivity index (χ4n) is 2.80. The summed E-state index contributed by atoms with van der Waals surface area (Å²) >= 11 is 0. The molecule has 1 aromatic heterocycles. The zero-order valence-corrected chi connectivity index (χ0v) is 13.4. The summed E-state index contributed by atoms with van der Waals surface area (Å²) in [6.07, 6.45) is 0. The highest BCUT2D eigenvalue weighted by atomic mass is 16.2. The van der Waals surface area contributed by atoms with Crippen molar-refractivity contribution in [3.05, 3.63) is 30.0 Å². The van der Waals surface area contributed by atoms with Gasteiger partial charge in [0, 0.05) is 31.6 Å². The highest BCUT2D eigenvalue weighted by Crippen LogP contribution is 2.18. The predicted molar refractivity (Wildman–Crippen MR) is 86.8 cm³/mol. The lowest BCUT2D eigenvalue weighted by Crippen LogP contribution is -2.57. The first kappa shape index (κ1) is 15.5. The number of benzene rings is 1. The molecule has 0 aliphatic carbocycles. The Hall–Kier alpha value is -2.41. The zero-order chi connectivity index (χ0) is 16.6. The highest BCUT2D eigenvalue weighted by Gasteiger charge is 2.32. The summed E-state index contributed by atoms with van der Waals surface area (Å²) in [6, 6.07) is 7.55. The summed E-state index contributed by atoms with van der Waals surface area (Å²) in [6.45, 7) is 5.36. The van der Waals surface area contributed by atoms with Crippen molar-refractivity contribution < 1.29 is 9.59 Å². The van der Waals surface area contributed by atoms with E-state index in [0.29, 0.717) is 31.9 Å². The Morgan fingerprint density at radius 1 is 1.13 bits per heavy atom. The standard InChI is InChI=1S/C16H21N5O2/c1-16(2,17)15(23)21-9-7-20(8-10-21)14(22)13-11-5-3-4-6-12(11)18-19-13/h3-6H,7-10,17H2,1-2H3,(H,18,19). The number of aromatic amines is 1. The highest BCUT2D eigenvalue weighted by molar-refractivity contribution is 6.04. The van der Waals surface area contributed by atoms with Gasteiger partial charge in [-0.15, -0.1) is 0 Å². The molecule has 2 heterocycles. The van der Waals surface area contributed by atoms with E-state index >= 15 is 0 Å². The van der Waals surface area contributed by atoms with Crippen LogP contribution in [0.5, 0.6) is 0 Å². The number of H-pyrrole nitrogens is 1. The van der Waals surface area contributed by atoms with Gasteiger partial charge in [-0.1, -0.05) is 18.2 Å². The quantitative estimate of drug-likeness (QED) is 0.847. The topological polar surface area (TPSA) is 95.3 Å². The lowest BCUT2D eigenvalue weighted by Gasteiger charge is -2.37. The number of nitrogens with zero attached hydrogens (tertiary/aromatic N) is 3. The Bertz CT molecular complexity index is 738. The van der Waals surface area contributed by atoms with Crippen molar-refractivity contribution in [2.45, 2.75) is 19.4 Å². The second-order valence-electron chi connectivity index (χ2n) is 6.42. The number of para-hydroxylation sites is 1. The van der Waals surface area contributed by atoms with Crippen molar-refractivity contribution in [3.8, 4) is 0 Å². The molecule has 3 rings (SSSR count). The Morgan fingerprint density at radius 3 is 2.39 bits per heavy atom. The Labute approximate surface area is 134 Å². The van der Waals surface area contributed by atoms with E-state index in [4.69, 9.17) is 5.73 Å². The van der Waals surface area contributed by atoms with Gasteiger partial charge in [0.15, 0.2) is 5.69 Å². The number of fused-ring (bicyclic) bond motifs is 1. The van der Waals surface area contributed by atoms with Crippen molar-refractivity contribution in [1.29, 1.82) is 0 Å². The van der Waals surface area contributed by atoms with Crippen LogP contribution in [0.3, 0.4) is 0 Å². The van der Waals surface area contributed by atoms with Crippen LogP contribution in [0, 0.1) is 0 Å². The van der Waals surface area contributed by atoms with E-state index < -0.39 is 5.54 Å². The second-order valence-corrected chi connectivity index (χ2v) is 6.42. The molecule has 23 heavy (non-hydrogen) atoms. The molecule has 1 aromatic carbocycles. The molecule has 0 unspecified atom stereocenters. The van der Waals surface area contributed by atoms with Crippen molar-refractivity contribution in [1.82, 2.24) is 20.0 Å². The maximum absolute atomic E-state index is 12.7. The molecule has 7 heteroatoms. The van der Waals surface area contributed by atoms with Gasteiger partial charge in [-0.3, -0.25) is 14.7 Å². The first-order valence-corrected chi connectivity index (χ1v) is 7.68. The third-order valence-electron chi connectivity index (χ3n) is 4.08. The third-order valence-corrected chi connectivity index (χ3v) is 4.08. The number of nitrogens with one attached hydrogen (secondary N) is 1. The number of hydrogen-bond acceptors (Lipinski definition) is 4. The molecule has 122 valence electrons. The maximum atomic E-state index is 12.7. The Morgan fingerprint density at radius 2 is 1.74 bits per heavy atom. The molecule has 0 saturated carbocycles. The van der Waals surface area contributed by atoms with Gasteiger partial charge in [0.05, 0.1) is 11.1 Å².